The van der Waals surface area contributed by atoms with Crippen LogP contribution in [0.25, 0.3) is 0 Å². The van der Waals surface area contributed by atoms with Crippen molar-refractivity contribution in [2.24, 2.45) is 22.7 Å². The molecule has 0 heterocycles. The summed E-state index contributed by atoms with van der Waals surface area (Å²) in [5.41, 5.74) is -0.0689. The molecule has 0 spiro atoms. The number of hydrogen-bond donors (Lipinski definition) is 0. The standard InChI is InChI=1S/C16H24BrF2NO/c1-15-5-11-4-12(6-15)8-16(7-11,10-15)14(21)20(3-2-17)9-13(18)19/h11-13H,2-10H2,1H3. The van der Waals surface area contributed by atoms with E-state index in [0.29, 0.717) is 23.7 Å². The largest absolute Gasteiger partial charge is 0.336 e. The Hall–Kier alpha value is -0.190. The van der Waals surface area contributed by atoms with Gasteiger partial charge in [-0.3, -0.25) is 4.79 Å². The molecule has 0 aromatic heterocycles. The Labute approximate surface area is 133 Å². The van der Waals surface area contributed by atoms with Gasteiger partial charge in [0, 0.05) is 11.9 Å². The van der Waals surface area contributed by atoms with E-state index >= 15 is 0 Å². The highest BCUT2D eigenvalue weighted by atomic mass is 79.9. The van der Waals surface area contributed by atoms with Gasteiger partial charge in [-0.25, -0.2) is 8.78 Å². The first-order chi connectivity index (χ1) is 9.86. The summed E-state index contributed by atoms with van der Waals surface area (Å²) >= 11 is 3.29. The molecular weight excluding hydrogens is 340 g/mol. The summed E-state index contributed by atoms with van der Waals surface area (Å²) in [6.45, 7) is 2.27. The molecule has 5 heteroatoms. The molecule has 2 atom stereocenters. The fourth-order valence-corrected chi connectivity index (χ4v) is 6.28. The predicted octanol–water partition coefficient (Wildman–Crippen LogP) is 4.08. The van der Waals surface area contributed by atoms with Gasteiger partial charge in [-0.05, 0) is 55.8 Å². The Morgan fingerprint density at radius 3 is 2.38 bits per heavy atom. The monoisotopic (exact) mass is 363 g/mol. The Balaban J connectivity index is 1.82. The van der Waals surface area contributed by atoms with Crippen molar-refractivity contribution in [3.05, 3.63) is 0 Å². The number of amides is 1. The normalized spacial score (nSPS) is 40.8. The number of carbonyl (C=O) groups excluding carboxylic acids is 1. The molecule has 0 aliphatic heterocycles. The topological polar surface area (TPSA) is 20.3 Å². The molecule has 1 amide bonds. The highest BCUT2D eigenvalue weighted by Crippen LogP contribution is 2.65. The van der Waals surface area contributed by atoms with Crippen LogP contribution in [0.1, 0.15) is 45.4 Å². The van der Waals surface area contributed by atoms with Gasteiger partial charge in [0.15, 0.2) is 0 Å². The second-order valence-corrected chi connectivity index (χ2v) is 8.68. The summed E-state index contributed by atoms with van der Waals surface area (Å²) in [5, 5.41) is 0.561. The van der Waals surface area contributed by atoms with E-state index < -0.39 is 13.0 Å². The molecule has 2 nitrogen and oxygen atoms in total. The summed E-state index contributed by atoms with van der Waals surface area (Å²) in [7, 11) is 0. The number of carbonyl (C=O) groups is 1. The van der Waals surface area contributed by atoms with Gasteiger partial charge in [0.05, 0.1) is 12.0 Å². The van der Waals surface area contributed by atoms with Crippen molar-refractivity contribution in [3.63, 3.8) is 0 Å². The van der Waals surface area contributed by atoms with Crippen molar-refractivity contribution in [2.45, 2.75) is 51.9 Å². The lowest BCUT2D eigenvalue weighted by atomic mass is 9.44. The van der Waals surface area contributed by atoms with E-state index in [9.17, 15) is 13.6 Å². The molecule has 21 heavy (non-hydrogen) atoms. The molecule has 0 saturated heterocycles. The molecule has 4 bridgehead atoms. The quantitative estimate of drug-likeness (QED) is 0.673. The van der Waals surface area contributed by atoms with Gasteiger partial charge in [0.2, 0.25) is 5.91 Å². The smallest absolute Gasteiger partial charge is 0.255 e. The van der Waals surface area contributed by atoms with Gasteiger partial charge in [0.25, 0.3) is 6.43 Å². The van der Waals surface area contributed by atoms with Crippen molar-refractivity contribution < 1.29 is 13.6 Å². The van der Waals surface area contributed by atoms with E-state index in [1.807, 2.05) is 0 Å². The minimum atomic E-state index is -2.45. The maximum atomic E-state index is 13.0. The lowest BCUT2D eigenvalue weighted by Crippen LogP contribution is -2.58. The van der Waals surface area contributed by atoms with Crippen LogP contribution in [-0.4, -0.2) is 35.7 Å². The van der Waals surface area contributed by atoms with Crippen LogP contribution >= 0.6 is 15.9 Å². The molecule has 4 aliphatic rings. The summed E-state index contributed by atoms with van der Waals surface area (Å²) in [6, 6.07) is 0. The van der Waals surface area contributed by atoms with Crippen LogP contribution in [0.4, 0.5) is 8.78 Å². The van der Waals surface area contributed by atoms with E-state index in [-0.39, 0.29) is 16.7 Å². The van der Waals surface area contributed by atoms with Crippen molar-refractivity contribution in [3.8, 4) is 0 Å². The number of rotatable bonds is 5. The molecule has 4 rings (SSSR count). The summed E-state index contributed by atoms with van der Waals surface area (Å²) < 4.78 is 25.6. The predicted molar refractivity (Wildman–Crippen MR) is 81.6 cm³/mol. The van der Waals surface area contributed by atoms with Crippen LogP contribution in [0.15, 0.2) is 0 Å². The number of nitrogens with zero attached hydrogens (tertiary/aromatic N) is 1. The maximum absolute atomic E-state index is 13.0. The van der Waals surface area contributed by atoms with Gasteiger partial charge < -0.3 is 4.90 Å². The number of hydrogen-bond acceptors (Lipinski definition) is 1. The highest BCUT2D eigenvalue weighted by Gasteiger charge is 2.59. The molecule has 2 unspecified atom stereocenters. The Morgan fingerprint density at radius 1 is 1.29 bits per heavy atom. The molecule has 0 N–H and O–H groups in total. The molecule has 4 aliphatic carbocycles. The number of alkyl halides is 3. The zero-order chi connectivity index (χ0) is 15.3. The van der Waals surface area contributed by atoms with Crippen molar-refractivity contribution in [1.82, 2.24) is 4.90 Å². The van der Waals surface area contributed by atoms with Crippen LogP contribution in [0.2, 0.25) is 0 Å². The van der Waals surface area contributed by atoms with Gasteiger partial charge in [-0.15, -0.1) is 0 Å². The first-order valence-corrected chi connectivity index (χ1v) is 9.11. The van der Waals surface area contributed by atoms with Crippen LogP contribution in [0.5, 0.6) is 0 Å². The van der Waals surface area contributed by atoms with E-state index in [0.717, 1.165) is 19.3 Å². The molecule has 0 aromatic carbocycles. The third-order valence-corrected chi connectivity index (χ3v) is 6.16. The number of halogens is 3. The van der Waals surface area contributed by atoms with Crippen LogP contribution in [-0.2, 0) is 4.79 Å². The minimum absolute atomic E-state index is 0.00238. The average Bonchev–Trinajstić information content (AvgIpc) is 2.33. The molecule has 120 valence electrons. The lowest BCUT2D eigenvalue weighted by molar-refractivity contribution is -0.167. The zero-order valence-corrected chi connectivity index (χ0v) is 14.2. The zero-order valence-electron chi connectivity index (χ0n) is 12.6. The van der Waals surface area contributed by atoms with E-state index in [2.05, 4.69) is 22.9 Å². The van der Waals surface area contributed by atoms with Crippen molar-refractivity contribution in [2.75, 3.05) is 18.4 Å². The summed E-state index contributed by atoms with van der Waals surface area (Å²) in [4.78, 5) is 14.4. The third kappa shape index (κ3) is 2.87. The van der Waals surface area contributed by atoms with Gasteiger partial charge in [-0.2, -0.15) is 0 Å². The third-order valence-electron chi connectivity index (χ3n) is 5.81. The maximum Gasteiger partial charge on any atom is 0.255 e. The van der Waals surface area contributed by atoms with Gasteiger partial charge in [-0.1, -0.05) is 22.9 Å². The van der Waals surface area contributed by atoms with Crippen molar-refractivity contribution in [1.29, 1.82) is 0 Å². The second-order valence-electron chi connectivity index (χ2n) is 7.88. The lowest BCUT2D eigenvalue weighted by Gasteiger charge is -2.61. The van der Waals surface area contributed by atoms with Crippen LogP contribution in [0.3, 0.4) is 0 Å². The Morgan fingerprint density at radius 2 is 1.90 bits per heavy atom. The second kappa shape index (κ2) is 5.47. The molecule has 4 fully saturated rings. The van der Waals surface area contributed by atoms with Crippen LogP contribution < -0.4 is 0 Å². The fourth-order valence-electron chi connectivity index (χ4n) is 5.85. The molecule has 4 saturated carbocycles. The van der Waals surface area contributed by atoms with E-state index in [1.165, 1.54) is 24.2 Å². The fraction of sp³-hybridized carbons (Fsp3) is 0.938. The van der Waals surface area contributed by atoms with E-state index in [1.54, 1.807) is 0 Å². The van der Waals surface area contributed by atoms with Gasteiger partial charge in [0.1, 0.15) is 0 Å². The molecule has 0 radical (unpaired) electrons. The molecule has 0 aromatic rings. The first kappa shape index (κ1) is 15.7. The minimum Gasteiger partial charge on any atom is -0.336 e. The highest BCUT2D eigenvalue weighted by molar-refractivity contribution is 9.09. The van der Waals surface area contributed by atoms with Gasteiger partial charge >= 0.3 is 0 Å². The molecular formula is C16H24BrF2NO. The summed E-state index contributed by atoms with van der Waals surface area (Å²) in [6.07, 6.45) is 4.03. The Bertz CT molecular complexity index is 415. The van der Waals surface area contributed by atoms with Crippen LogP contribution in [0, 0.1) is 22.7 Å². The summed E-state index contributed by atoms with van der Waals surface area (Å²) in [5.74, 6) is 1.28. The SMILES string of the molecule is CC12CC3CC(C1)CC(C(=O)N(CCBr)CC(F)F)(C3)C2. The van der Waals surface area contributed by atoms with E-state index in [4.69, 9.17) is 0 Å². The Kier molecular flexibility index (Phi) is 4.09. The first-order valence-electron chi connectivity index (χ1n) is 7.99. The van der Waals surface area contributed by atoms with Crippen molar-refractivity contribution >= 4 is 21.8 Å². The average molecular weight is 364 g/mol.